The van der Waals surface area contributed by atoms with E-state index in [-0.39, 0.29) is 0 Å². The molecule has 3 aromatic rings. The quantitative estimate of drug-likeness (QED) is 0.759. The van der Waals surface area contributed by atoms with Crippen LogP contribution in [0.2, 0.25) is 0 Å². The predicted molar refractivity (Wildman–Crippen MR) is 89.2 cm³/mol. The first-order valence-corrected chi connectivity index (χ1v) is 8.21. The van der Waals surface area contributed by atoms with E-state index in [1.807, 2.05) is 22.1 Å². The Labute approximate surface area is 134 Å². The topological polar surface area (TPSA) is 47.3 Å². The maximum absolute atomic E-state index is 10.2. The molecule has 2 heterocycles. The third-order valence-electron chi connectivity index (χ3n) is 3.78. The zero-order valence-corrected chi connectivity index (χ0v) is 13.6. The summed E-state index contributed by atoms with van der Waals surface area (Å²) in [6.07, 6.45) is 1.24. The van der Waals surface area contributed by atoms with Crippen LogP contribution in [0.1, 0.15) is 16.0 Å². The molecule has 2 aromatic heterocycles. The lowest BCUT2D eigenvalue weighted by Crippen LogP contribution is -2.21. The molecular weight excluding hydrogens is 296 g/mol. The molecule has 0 radical (unpaired) electrons. The largest absolute Gasteiger partial charge is 0.389 e. The highest BCUT2D eigenvalue weighted by atomic mass is 32.1. The predicted octanol–water partition coefficient (Wildman–Crippen LogP) is 3.29. The molecule has 1 unspecified atom stereocenters. The molecule has 116 valence electrons. The van der Waals surface area contributed by atoms with E-state index < -0.39 is 6.10 Å². The molecule has 0 aliphatic rings. The summed E-state index contributed by atoms with van der Waals surface area (Å²) in [7, 11) is 0. The molecule has 0 spiro atoms. The molecule has 0 aliphatic carbocycles. The van der Waals surface area contributed by atoms with Gasteiger partial charge in [0.1, 0.15) is 0 Å². The van der Waals surface area contributed by atoms with Crippen LogP contribution in [0.15, 0.2) is 36.0 Å². The highest BCUT2D eigenvalue weighted by Crippen LogP contribution is 2.18. The summed E-state index contributed by atoms with van der Waals surface area (Å²) in [5.41, 5.74) is 4.49. The van der Waals surface area contributed by atoms with Gasteiger partial charge in [-0.1, -0.05) is 6.07 Å². The van der Waals surface area contributed by atoms with Crippen LogP contribution in [-0.4, -0.2) is 27.4 Å². The molecule has 3 rings (SSSR count). The Bertz CT molecular complexity index is 749. The maximum atomic E-state index is 10.2. The van der Waals surface area contributed by atoms with Crippen LogP contribution in [0.4, 0.5) is 0 Å². The Morgan fingerprint density at radius 1 is 1.32 bits per heavy atom. The molecule has 1 N–H and O–H groups in total. The fraction of sp³-hybridized carbons (Fsp3) is 0.353. The number of thiophene rings is 1. The van der Waals surface area contributed by atoms with Gasteiger partial charge >= 0.3 is 0 Å². The minimum absolute atomic E-state index is 0.322. The third kappa shape index (κ3) is 3.38. The van der Waals surface area contributed by atoms with E-state index in [4.69, 9.17) is 4.74 Å². The number of imidazole rings is 1. The first kappa shape index (κ1) is 15.2. The van der Waals surface area contributed by atoms with Crippen molar-refractivity contribution >= 4 is 22.4 Å². The number of nitrogens with zero attached hydrogens (tertiary/aromatic N) is 2. The Morgan fingerprint density at radius 2 is 2.14 bits per heavy atom. The minimum atomic E-state index is -0.543. The van der Waals surface area contributed by atoms with Crippen molar-refractivity contribution < 1.29 is 9.84 Å². The molecule has 0 bridgehead atoms. The number of aromatic nitrogens is 2. The van der Waals surface area contributed by atoms with Crippen molar-refractivity contribution in [3.63, 3.8) is 0 Å². The second-order valence-electron chi connectivity index (χ2n) is 5.57. The maximum Gasteiger partial charge on any atom is 0.0959 e. The number of ether oxygens (including phenoxy) is 1. The summed E-state index contributed by atoms with van der Waals surface area (Å²) in [5.74, 6) is 0. The zero-order valence-electron chi connectivity index (χ0n) is 12.8. The van der Waals surface area contributed by atoms with Crippen LogP contribution in [0.5, 0.6) is 0 Å². The molecule has 1 atom stereocenters. The number of fused-ring (bicyclic) bond motifs is 1. The fourth-order valence-electron chi connectivity index (χ4n) is 2.43. The number of benzene rings is 1. The number of rotatable bonds is 6. The van der Waals surface area contributed by atoms with Crippen LogP contribution >= 0.6 is 11.3 Å². The van der Waals surface area contributed by atoms with E-state index in [9.17, 15) is 5.11 Å². The summed E-state index contributed by atoms with van der Waals surface area (Å²) in [4.78, 5) is 5.58. The summed E-state index contributed by atoms with van der Waals surface area (Å²) in [5, 5.41) is 12.2. The van der Waals surface area contributed by atoms with Gasteiger partial charge in [-0.25, -0.2) is 4.98 Å². The molecular formula is C17H20N2O2S. The third-order valence-corrected chi connectivity index (χ3v) is 4.63. The van der Waals surface area contributed by atoms with Crippen molar-refractivity contribution in [2.45, 2.75) is 33.1 Å². The highest BCUT2D eigenvalue weighted by molar-refractivity contribution is 7.09. The summed E-state index contributed by atoms with van der Waals surface area (Å²) < 4.78 is 7.56. The lowest BCUT2D eigenvalue weighted by molar-refractivity contribution is 0.0218. The van der Waals surface area contributed by atoms with Crippen LogP contribution < -0.4 is 0 Å². The number of hydrogen-bond acceptors (Lipinski definition) is 4. The van der Waals surface area contributed by atoms with Crippen LogP contribution in [0.3, 0.4) is 0 Å². The van der Waals surface area contributed by atoms with Gasteiger partial charge in [-0.15, -0.1) is 11.3 Å². The van der Waals surface area contributed by atoms with E-state index in [0.717, 1.165) is 11.0 Å². The molecule has 1 aromatic carbocycles. The second-order valence-corrected chi connectivity index (χ2v) is 6.60. The van der Waals surface area contributed by atoms with Crippen molar-refractivity contribution in [3.8, 4) is 0 Å². The number of hydrogen-bond donors (Lipinski definition) is 1. The van der Waals surface area contributed by atoms with Crippen LogP contribution in [0, 0.1) is 13.8 Å². The van der Waals surface area contributed by atoms with Crippen LogP contribution in [-0.2, 0) is 17.9 Å². The lowest BCUT2D eigenvalue weighted by Gasteiger charge is -2.13. The SMILES string of the molecule is Cc1cc2ncn(CC(O)COCc3cccs3)c2cc1C. The number of aliphatic hydroxyl groups excluding tert-OH is 1. The number of aliphatic hydroxyl groups is 1. The van der Waals surface area contributed by atoms with Gasteiger partial charge in [0.25, 0.3) is 0 Å². The van der Waals surface area contributed by atoms with Gasteiger partial charge in [-0.05, 0) is 48.6 Å². The van der Waals surface area contributed by atoms with Gasteiger partial charge in [0.05, 0.1) is 43.2 Å². The van der Waals surface area contributed by atoms with Crippen molar-refractivity contribution in [2.75, 3.05) is 6.61 Å². The number of aryl methyl sites for hydroxylation is 2. The molecule has 22 heavy (non-hydrogen) atoms. The first-order valence-electron chi connectivity index (χ1n) is 7.34. The zero-order chi connectivity index (χ0) is 15.5. The van der Waals surface area contributed by atoms with Gasteiger partial charge in [-0.3, -0.25) is 0 Å². The monoisotopic (exact) mass is 316 g/mol. The summed E-state index contributed by atoms with van der Waals surface area (Å²) in [6, 6.07) is 8.24. The van der Waals surface area contributed by atoms with E-state index in [1.54, 1.807) is 17.7 Å². The Morgan fingerprint density at radius 3 is 2.91 bits per heavy atom. The lowest BCUT2D eigenvalue weighted by atomic mass is 10.1. The van der Waals surface area contributed by atoms with Gasteiger partial charge in [0.15, 0.2) is 0 Å². The summed E-state index contributed by atoms with van der Waals surface area (Å²) in [6.45, 7) is 5.54. The van der Waals surface area contributed by atoms with Gasteiger partial charge < -0.3 is 14.4 Å². The van der Waals surface area contributed by atoms with Crippen LogP contribution in [0.25, 0.3) is 11.0 Å². The Balaban J connectivity index is 1.61. The summed E-state index contributed by atoms with van der Waals surface area (Å²) >= 11 is 1.66. The van der Waals surface area contributed by atoms with Crippen molar-refractivity contribution in [1.82, 2.24) is 9.55 Å². The van der Waals surface area contributed by atoms with Crippen molar-refractivity contribution in [2.24, 2.45) is 0 Å². The highest BCUT2D eigenvalue weighted by Gasteiger charge is 2.10. The Hall–Kier alpha value is -1.69. The average Bonchev–Trinajstić information content (AvgIpc) is 3.11. The minimum Gasteiger partial charge on any atom is -0.389 e. The average molecular weight is 316 g/mol. The second kappa shape index (κ2) is 6.60. The molecule has 0 saturated carbocycles. The first-order chi connectivity index (χ1) is 10.6. The van der Waals surface area contributed by atoms with Gasteiger partial charge in [0, 0.05) is 4.88 Å². The van der Waals surface area contributed by atoms with Crippen molar-refractivity contribution in [1.29, 1.82) is 0 Å². The van der Waals surface area contributed by atoms with E-state index >= 15 is 0 Å². The molecule has 0 aliphatic heterocycles. The fourth-order valence-corrected chi connectivity index (χ4v) is 3.07. The van der Waals surface area contributed by atoms with E-state index in [0.29, 0.717) is 19.8 Å². The smallest absolute Gasteiger partial charge is 0.0959 e. The van der Waals surface area contributed by atoms with Gasteiger partial charge in [0.2, 0.25) is 0 Å². The molecule has 0 fully saturated rings. The Kier molecular flexibility index (Phi) is 4.57. The van der Waals surface area contributed by atoms with E-state index in [1.165, 1.54) is 16.0 Å². The molecule has 0 amide bonds. The molecule has 0 saturated heterocycles. The van der Waals surface area contributed by atoms with E-state index in [2.05, 4.69) is 31.0 Å². The molecule has 5 heteroatoms. The van der Waals surface area contributed by atoms with Gasteiger partial charge in [-0.2, -0.15) is 0 Å². The van der Waals surface area contributed by atoms with Crippen molar-refractivity contribution in [3.05, 3.63) is 52.0 Å². The normalized spacial score (nSPS) is 12.9. The standard InChI is InChI=1S/C17H20N2O2S/c1-12-6-16-17(7-13(12)2)19(11-18-16)8-14(20)9-21-10-15-4-3-5-22-15/h3-7,11,14,20H,8-10H2,1-2H3. The molecule has 4 nitrogen and oxygen atoms in total.